The van der Waals surface area contributed by atoms with Crippen LogP contribution in [0, 0.1) is 25.2 Å². The molecule has 0 aliphatic heterocycles. The van der Waals surface area contributed by atoms with E-state index in [0.29, 0.717) is 11.4 Å². The smallest absolute Gasteiger partial charge is 0.149 e. The quantitative estimate of drug-likeness (QED) is 0.749. The van der Waals surface area contributed by atoms with Gasteiger partial charge in [0.15, 0.2) is 0 Å². The number of hydrogen-bond acceptors (Lipinski definition) is 3. The first-order valence-electron chi connectivity index (χ1n) is 6.81. The number of hydrogen-bond donors (Lipinski definition) is 1. The highest BCUT2D eigenvalue weighted by molar-refractivity contribution is 5.83. The zero-order valence-corrected chi connectivity index (χ0v) is 12.0. The van der Waals surface area contributed by atoms with E-state index in [4.69, 9.17) is 0 Å². The van der Waals surface area contributed by atoms with Crippen molar-refractivity contribution in [2.45, 2.75) is 13.8 Å². The average Bonchev–Trinajstić information content (AvgIpc) is 2.50. The zero-order chi connectivity index (χ0) is 14.8. The molecule has 0 saturated heterocycles. The molecule has 102 valence electrons. The van der Waals surface area contributed by atoms with Crippen LogP contribution in [0.3, 0.4) is 0 Å². The lowest BCUT2D eigenvalue weighted by atomic mass is 10.1. The van der Waals surface area contributed by atoms with Crippen molar-refractivity contribution in [1.82, 2.24) is 4.98 Å². The van der Waals surface area contributed by atoms with Gasteiger partial charge in [0.1, 0.15) is 11.9 Å². The summed E-state index contributed by atoms with van der Waals surface area (Å²) in [5, 5.41) is 13.5. The van der Waals surface area contributed by atoms with E-state index in [1.807, 2.05) is 36.4 Å². The summed E-state index contributed by atoms with van der Waals surface area (Å²) >= 11 is 0. The van der Waals surface area contributed by atoms with Crippen LogP contribution in [0.25, 0.3) is 10.9 Å². The van der Waals surface area contributed by atoms with Crippen LogP contribution < -0.4 is 5.32 Å². The molecule has 0 bridgehead atoms. The van der Waals surface area contributed by atoms with Crippen LogP contribution in [0.5, 0.6) is 0 Å². The third-order valence-electron chi connectivity index (χ3n) is 3.61. The fourth-order valence-electron chi connectivity index (χ4n) is 2.25. The predicted octanol–water partition coefficient (Wildman–Crippen LogP) is 4.47. The number of aryl methyl sites for hydroxylation is 2. The van der Waals surface area contributed by atoms with Crippen molar-refractivity contribution in [3.8, 4) is 6.07 Å². The van der Waals surface area contributed by atoms with Gasteiger partial charge in [-0.1, -0.05) is 24.3 Å². The maximum atomic E-state index is 9.32. The summed E-state index contributed by atoms with van der Waals surface area (Å²) in [6, 6.07) is 18.0. The molecule has 3 nitrogen and oxygen atoms in total. The number of aromatic nitrogens is 1. The number of benzene rings is 2. The molecule has 0 fully saturated rings. The maximum absolute atomic E-state index is 9.32. The summed E-state index contributed by atoms with van der Waals surface area (Å²) in [7, 11) is 0. The van der Waals surface area contributed by atoms with Crippen LogP contribution in [0.2, 0.25) is 0 Å². The van der Waals surface area contributed by atoms with Crippen LogP contribution >= 0.6 is 0 Å². The van der Waals surface area contributed by atoms with Crippen LogP contribution in [-0.2, 0) is 0 Å². The number of para-hydroxylation sites is 1. The van der Waals surface area contributed by atoms with Crippen LogP contribution in [0.15, 0.2) is 48.5 Å². The molecule has 21 heavy (non-hydrogen) atoms. The molecule has 0 unspecified atom stereocenters. The molecule has 3 aromatic rings. The molecule has 0 atom stereocenters. The van der Waals surface area contributed by atoms with Crippen molar-refractivity contribution < 1.29 is 0 Å². The van der Waals surface area contributed by atoms with Gasteiger partial charge in [-0.05, 0) is 49.2 Å². The van der Waals surface area contributed by atoms with Crippen molar-refractivity contribution in [2.24, 2.45) is 0 Å². The largest absolute Gasteiger partial charge is 0.339 e. The molecule has 3 rings (SSSR count). The fourth-order valence-corrected chi connectivity index (χ4v) is 2.25. The average molecular weight is 273 g/mol. The number of rotatable bonds is 2. The molecule has 0 amide bonds. The number of pyridine rings is 1. The Hall–Kier alpha value is -2.86. The normalized spacial score (nSPS) is 10.3. The Kier molecular flexibility index (Phi) is 3.29. The highest BCUT2D eigenvalue weighted by Crippen LogP contribution is 2.24. The predicted molar refractivity (Wildman–Crippen MR) is 85.7 cm³/mol. The van der Waals surface area contributed by atoms with E-state index in [9.17, 15) is 5.26 Å². The van der Waals surface area contributed by atoms with Gasteiger partial charge in [0.2, 0.25) is 0 Å². The Morgan fingerprint density at radius 3 is 2.57 bits per heavy atom. The zero-order valence-electron chi connectivity index (χ0n) is 12.0. The first-order valence-corrected chi connectivity index (χ1v) is 6.81. The van der Waals surface area contributed by atoms with E-state index in [2.05, 4.69) is 42.4 Å². The molecular formula is C18H15N3. The standard InChI is InChI=1S/C18H15N3/c1-12-7-8-16(9-13(12)2)20-18-15(11-19)10-14-5-3-4-6-17(14)21-18/h3-10H,1-2H3,(H,20,21). The topological polar surface area (TPSA) is 48.7 Å². The minimum absolute atomic E-state index is 0.548. The van der Waals surface area contributed by atoms with E-state index in [1.165, 1.54) is 11.1 Å². The van der Waals surface area contributed by atoms with Gasteiger partial charge in [-0.3, -0.25) is 0 Å². The fraction of sp³-hybridized carbons (Fsp3) is 0.111. The Morgan fingerprint density at radius 1 is 1.00 bits per heavy atom. The Bertz CT molecular complexity index is 860. The number of nitrogens with one attached hydrogen (secondary N) is 1. The van der Waals surface area contributed by atoms with Gasteiger partial charge >= 0.3 is 0 Å². The molecule has 0 spiro atoms. The minimum atomic E-state index is 0.548. The molecule has 0 radical (unpaired) electrons. The van der Waals surface area contributed by atoms with E-state index in [1.54, 1.807) is 0 Å². The second kappa shape index (κ2) is 5.26. The summed E-state index contributed by atoms with van der Waals surface area (Å²) in [4.78, 5) is 4.56. The Labute approximate surface area is 123 Å². The molecule has 0 aliphatic carbocycles. The summed E-state index contributed by atoms with van der Waals surface area (Å²) < 4.78 is 0. The molecule has 1 heterocycles. The third kappa shape index (κ3) is 2.56. The van der Waals surface area contributed by atoms with E-state index >= 15 is 0 Å². The minimum Gasteiger partial charge on any atom is -0.339 e. The number of nitrogens with zero attached hydrogens (tertiary/aromatic N) is 2. The van der Waals surface area contributed by atoms with Gasteiger partial charge in [0, 0.05) is 11.1 Å². The summed E-state index contributed by atoms with van der Waals surface area (Å²) in [6.07, 6.45) is 0. The number of anilines is 2. The van der Waals surface area contributed by atoms with Crippen LogP contribution in [0.1, 0.15) is 16.7 Å². The number of fused-ring (bicyclic) bond motifs is 1. The number of nitriles is 1. The van der Waals surface area contributed by atoms with Crippen molar-refractivity contribution in [2.75, 3.05) is 5.32 Å². The molecule has 0 saturated carbocycles. The molecular weight excluding hydrogens is 258 g/mol. The van der Waals surface area contributed by atoms with E-state index < -0.39 is 0 Å². The van der Waals surface area contributed by atoms with Gasteiger partial charge in [0.25, 0.3) is 0 Å². The van der Waals surface area contributed by atoms with Crippen molar-refractivity contribution in [3.05, 3.63) is 65.2 Å². The summed E-state index contributed by atoms with van der Waals surface area (Å²) in [5.74, 6) is 0.597. The van der Waals surface area contributed by atoms with Gasteiger partial charge < -0.3 is 5.32 Å². The van der Waals surface area contributed by atoms with Gasteiger partial charge in [-0.25, -0.2) is 4.98 Å². The van der Waals surface area contributed by atoms with Crippen molar-refractivity contribution in [3.63, 3.8) is 0 Å². The highest BCUT2D eigenvalue weighted by Gasteiger charge is 2.07. The van der Waals surface area contributed by atoms with E-state index in [0.717, 1.165) is 16.6 Å². The van der Waals surface area contributed by atoms with Crippen molar-refractivity contribution in [1.29, 1.82) is 5.26 Å². The van der Waals surface area contributed by atoms with Gasteiger partial charge in [0.05, 0.1) is 11.1 Å². The SMILES string of the molecule is Cc1ccc(Nc2nc3ccccc3cc2C#N)cc1C. The third-order valence-corrected chi connectivity index (χ3v) is 3.61. The monoisotopic (exact) mass is 273 g/mol. The second-order valence-corrected chi connectivity index (χ2v) is 5.11. The molecule has 3 heteroatoms. The molecule has 2 aromatic carbocycles. The van der Waals surface area contributed by atoms with Gasteiger partial charge in [-0.15, -0.1) is 0 Å². The van der Waals surface area contributed by atoms with Gasteiger partial charge in [-0.2, -0.15) is 5.26 Å². The highest BCUT2D eigenvalue weighted by atomic mass is 15.0. The molecule has 1 aromatic heterocycles. The van der Waals surface area contributed by atoms with Crippen LogP contribution in [-0.4, -0.2) is 4.98 Å². The Balaban J connectivity index is 2.06. The lowest BCUT2D eigenvalue weighted by molar-refractivity contribution is 1.31. The first kappa shape index (κ1) is 13.1. The lowest BCUT2D eigenvalue weighted by Crippen LogP contribution is -1.98. The summed E-state index contributed by atoms with van der Waals surface area (Å²) in [6.45, 7) is 4.15. The van der Waals surface area contributed by atoms with E-state index in [-0.39, 0.29) is 0 Å². The Morgan fingerprint density at radius 2 is 1.81 bits per heavy atom. The first-order chi connectivity index (χ1) is 10.2. The molecule has 0 aliphatic rings. The maximum Gasteiger partial charge on any atom is 0.149 e. The summed E-state index contributed by atoms with van der Waals surface area (Å²) in [5.41, 5.74) is 4.82. The van der Waals surface area contributed by atoms with Crippen molar-refractivity contribution >= 4 is 22.4 Å². The second-order valence-electron chi connectivity index (χ2n) is 5.11. The molecule has 1 N–H and O–H groups in total. The van der Waals surface area contributed by atoms with Crippen LogP contribution in [0.4, 0.5) is 11.5 Å². The lowest BCUT2D eigenvalue weighted by Gasteiger charge is -2.10.